The van der Waals surface area contributed by atoms with Crippen LogP contribution < -0.4 is 4.74 Å². The van der Waals surface area contributed by atoms with E-state index in [-0.39, 0.29) is 5.78 Å². The number of ether oxygens (including phenoxy) is 1. The molecule has 0 radical (unpaired) electrons. The number of ketones is 1. The lowest BCUT2D eigenvalue weighted by molar-refractivity contribution is 0.104. The highest BCUT2D eigenvalue weighted by atomic mass is 79.9. The molecule has 0 spiro atoms. The number of allylic oxidation sites excluding steroid dienone is 1. The number of aromatic nitrogens is 4. The van der Waals surface area contributed by atoms with Crippen molar-refractivity contribution in [3.8, 4) is 5.75 Å². The van der Waals surface area contributed by atoms with Crippen molar-refractivity contribution >= 4 is 27.8 Å². The second-order valence-electron chi connectivity index (χ2n) is 6.68. The predicted molar refractivity (Wildman–Crippen MR) is 113 cm³/mol. The van der Waals surface area contributed by atoms with E-state index in [1.54, 1.807) is 24.1 Å². The Morgan fingerprint density at radius 2 is 2.00 bits per heavy atom. The van der Waals surface area contributed by atoms with Gasteiger partial charge in [-0.1, -0.05) is 12.1 Å². The zero-order chi connectivity index (χ0) is 20.4. The highest BCUT2D eigenvalue weighted by molar-refractivity contribution is 9.10. The molecule has 0 aliphatic carbocycles. The first-order valence-electron chi connectivity index (χ1n) is 8.89. The summed E-state index contributed by atoms with van der Waals surface area (Å²) in [6.45, 7) is 6.45. The Bertz CT molecular complexity index is 1060. The van der Waals surface area contributed by atoms with Gasteiger partial charge in [-0.3, -0.25) is 14.2 Å². The monoisotopic (exact) mass is 442 g/mol. The molecule has 146 valence electrons. The van der Waals surface area contributed by atoms with E-state index < -0.39 is 0 Å². The lowest BCUT2D eigenvalue weighted by Gasteiger charge is -2.11. The predicted octanol–water partition coefficient (Wildman–Crippen LogP) is 4.26. The van der Waals surface area contributed by atoms with Crippen molar-refractivity contribution in [1.29, 1.82) is 0 Å². The number of hydrogen-bond acceptors (Lipinski definition) is 4. The molecule has 0 fully saturated rings. The maximum absolute atomic E-state index is 12.5. The highest BCUT2D eigenvalue weighted by Crippen LogP contribution is 2.25. The standard InChI is InChI=1S/C21H23BrN4O2/c1-13-21(22)15(3)26(24-13)12-17-10-16(7-9-20(17)28-5)6-8-19(27)18-11-23-25(4)14(18)2/h6-11H,12H2,1-5H3/b8-6+. The summed E-state index contributed by atoms with van der Waals surface area (Å²) in [4.78, 5) is 12.5. The van der Waals surface area contributed by atoms with Crippen LogP contribution in [-0.4, -0.2) is 32.5 Å². The molecule has 2 heterocycles. The number of rotatable bonds is 6. The quantitative estimate of drug-likeness (QED) is 0.422. The minimum Gasteiger partial charge on any atom is -0.496 e. The van der Waals surface area contributed by atoms with Crippen molar-refractivity contribution in [2.75, 3.05) is 7.11 Å². The van der Waals surface area contributed by atoms with E-state index >= 15 is 0 Å². The van der Waals surface area contributed by atoms with Gasteiger partial charge in [-0.2, -0.15) is 10.2 Å². The van der Waals surface area contributed by atoms with Crippen molar-refractivity contribution in [3.63, 3.8) is 0 Å². The van der Waals surface area contributed by atoms with Crippen LogP contribution in [0.25, 0.3) is 6.08 Å². The zero-order valence-electron chi connectivity index (χ0n) is 16.7. The Morgan fingerprint density at radius 1 is 1.25 bits per heavy atom. The number of hydrogen-bond donors (Lipinski definition) is 0. The smallest absolute Gasteiger partial charge is 0.189 e. The number of nitrogens with zero attached hydrogens (tertiary/aromatic N) is 4. The van der Waals surface area contributed by atoms with Crippen LogP contribution in [0.4, 0.5) is 0 Å². The molecule has 3 rings (SSSR count). The van der Waals surface area contributed by atoms with Gasteiger partial charge in [-0.15, -0.1) is 0 Å². The number of halogens is 1. The van der Waals surface area contributed by atoms with E-state index in [9.17, 15) is 4.79 Å². The first-order chi connectivity index (χ1) is 13.3. The molecule has 0 saturated heterocycles. The van der Waals surface area contributed by atoms with Gasteiger partial charge in [0.05, 0.1) is 41.3 Å². The number of aryl methyl sites for hydroxylation is 2. The van der Waals surface area contributed by atoms with E-state index in [2.05, 4.69) is 26.1 Å². The van der Waals surface area contributed by atoms with Crippen molar-refractivity contribution < 1.29 is 9.53 Å². The van der Waals surface area contributed by atoms with Gasteiger partial charge < -0.3 is 4.74 Å². The minimum atomic E-state index is -0.0644. The maximum Gasteiger partial charge on any atom is 0.189 e. The third-order valence-electron chi connectivity index (χ3n) is 4.85. The Balaban J connectivity index is 1.87. The summed E-state index contributed by atoms with van der Waals surface area (Å²) in [6.07, 6.45) is 4.99. The van der Waals surface area contributed by atoms with Crippen LogP contribution in [0.2, 0.25) is 0 Å². The van der Waals surface area contributed by atoms with E-state index in [1.807, 2.05) is 56.8 Å². The number of carbonyl (C=O) groups is 1. The van der Waals surface area contributed by atoms with Gasteiger partial charge in [-0.25, -0.2) is 0 Å². The zero-order valence-corrected chi connectivity index (χ0v) is 18.2. The normalized spacial score (nSPS) is 11.4. The fourth-order valence-electron chi connectivity index (χ4n) is 3.02. The van der Waals surface area contributed by atoms with E-state index in [4.69, 9.17) is 4.74 Å². The molecule has 1 aromatic carbocycles. The Morgan fingerprint density at radius 3 is 2.57 bits per heavy atom. The second-order valence-corrected chi connectivity index (χ2v) is 7.47. The molecule has 2 aromatic heterocycles. The van der Waals surface area contributed by atoms with Crippen LogP contribution in [0.3, 0.4) is 0 Å². The Labute approximate surface area is 172 Å². The number of carbonyl (C=O) groups excluding carboxylic acids is 1. The van der Waals surface area contributed by atoms with Crippen LogP contribution in [0.1, 0.15) is 38.6 Å². The first kappa shape index (κ1) is 20.1. The van der Waals surface area contributed by atoms with Crippen LogP contribution in [0.5, 0.6) is 5.75 Å². The van der Waals surface area contributed by atoms with Crippen LogP contribution in [0, 0.1) is 20.8 Å². The molecule has 0 aliphatic heterocycles. The number of methoxy groups -OCH3 is 1. The summed E-state index contributed by atoms with van der Waals surface area (Å²) < 4.78 is 10.2. The van der Waals surface area contributed by atoms with Gasteiger partial charge in [0.15, 0.2) is 5.78 Å². The van der Waals surface area contributed by atoms with Crippen molar-refractivity contribution in [2.24, 2.45) is 7.05 Å². The summed E-state index contributed by atoms with van der Waals surface area (Å²) in [5.41, 5.74) is 5.38. The van der Waals surface area contributed by atoms with Gasteiger partial charge in [0.2, 0.25) is 0 Å². The fourth-order valence-corrected chi connectivity index (χ4v) is 3.30. The van der Waals surface area contributed by atoms with Crippen LogP contribution >= 0.6 is 15.9 Å². The molecule has 6 nitrogen and oxygen atoms in total. The lowest BCUT2D eigenvalue weighted by atomic mass is 10.1. The molecule has 0 unspecified atom stereocenters. The molecule has 0 atom stereocenters. The summed E-state index contributed by atoms with van der Waals surface area (Å²) in [6, 6.07) is 5.86. The van der Waals surface area contributed by atoms with E-state index in [0.29, 0.717) is 12.1 Å². The molecular formula is C21H23BrN4O2. The minimum absolute atomic E-state index is 0.0644. The molecule has 0 amide bonds. The van der Waals surface area contributed by atoms with Gasteiger partial charge in [0, 0.05) is 18.3 Å². The summed E-state index contributed by atoms with van der Waals surface area (Å²) >= 11 is 3.56. The molecule has 28 heavy (non-hydrogen) atoms. The second kappa shape index (κ2) is 8.14. The topological polar surface area (TPSA) is 61.9 Å². The average molecular weight is 443 g/mol. The largest absolute Gasteiger partial charge is 0.496 e. The van der Waals surface area contributed by atoms with Crippen molar-refractivity contribution in [2.45, 2.75) is 27.3 Å². The Kier molecular flexibility index (Phi) is 5.84. The van der Waals surface area contributed by atoms with Gasteiger partial charge in [-0.05, 0) is 60.5 Å². The van der Waals surface area contributed by atoms with Gasteiger partial charge in [0.25, 0.3) is 0 Å². The maximum atomic E-state index is 12.5. The molecule has 3 aromatic rings. The third kappa shape index (κ3) is 3.94. The summed E-state index contributed by atoms with van der Waals surface area (Å²) in [5.74, 6) is 0.723. The molecular weight excluding hydrogens is 420 g/mol. The lowest BCUT2D eigenvalue weighted by Crippen LogP contribution is -2.06. The van der Waals surface area contributed by atoms with E-state index in [1.165, 1.54) is 0 Å². The summed E-state index contributed by atoms with van der Waals surface area (Å²) in [7, 11) is 3.48. The molecule has 0 bridgehead atoms. The van der Waals surface area contributed by atoms with Crippen LogP contribution in [0.15, 0.2) is 34.9 Å². The first-order valence-corrected chi connectivity index (χ1v) is 9.68. The van der Waals surface area contributed by atoms with Crippen molar-refractivity contribution in [3.05, 3.63) is 68.7 Å². The van der Waals surface area contributed by atoms with Gasteiger partial charge >= 0.3 is 0 Å². The van der Waals surface area contributed by atoms with Crippen LogP contribution in [-0.2, 0) is 13.6 Å². The molecule has 0 N–H and O–H groups in total. The molecule has 7 heteroatoms. The fraction of sp³-hybridized carbons (Fsp3) is 0.286. The molecule has 0 aliphatic rings. The highest BCUT2D eigenvalue weighted by Gasteiger charge is 2.13. The summed E-state index contributed by atoms with van der Waals surface area (Å²) in [5, 5.41) is 8.69. The third-order valence-corrected chi connectivity index (χ3v) is 5.99. The SMILES string of the molecule is COc1ccc(/C=C/C(=O)c2cnn(C)c2C)cc1Cn1nc(C)c(Br)c1C. The Hall–Kier alpha value is -2.67. The van der Waals surface area contributed by atoms with E-state index in [0.717, 1.165) is 38.4 Å². The number of benzene rings is 1. The average Bonchev–Trinajstić information content (AvgIpc) is 3.14. The molecule has 0 saturated carbocycles. The van der Waals surface area contributed by atoms with Gasteiger partial charge in [0.1, 0.15) is 5.75 Å². The van der Waals surface area contributed by atoms with Crippen molar-refractivity contribution in [1.82, 2.24) is 19.6 Å².